The average Bonchev–Trinajstić information content (AvgIpc) is 2.77. The number of hydrogen-bond acceptors (Lipinski definition) is 2. The zero-order valence-electron chi connectivity index (χ0n) is 10.4. The van der Waals surface area contributed by atoms with E-state index in [4.69, 9.17) is 0 Å². The molecule has 0 radical (unpaired) electrons. The SMILES string of the molecule is CN(Cc1ccc(Br)s1)C(=O)Cc1ccccc1F. The number of rotatable bonds is 4. The monoisotopic (exact) mass is 341 g/mol. The Morgan fingerprint density at radius 1 is 1.32 bits per heavy atom. The maximum Gasteiger partial charge on any atom is 0.227 e. The Kier molecular flexibility index (Phi) is 4.71. The summed E-state index contributed by atoms with van der Waals surface area (Å²) < 4.78 is 14.5. The van der Waals surface area contributed by atoms with Crippen molar-refractivity contribution >= 4 is 33.2 Å². The normalized spacial score (nSPS) is 10.5. The highest BCUT2D eigenvalue weighted by molar-refractivity contribution is 9.11. The van der Waals surface area contributed by atoms with Crippen LogP contribution in [0.15, 0.2) is 40.2 Å². The summed E-state index contributed by atoms with van der Waals surface area (Å²) in [7, 11) is 1.73. The zero-order chi connectivity index (χ0) is 13.8. The number of carbonyl (C=O) groups is 1. The number of nitrogens with zero attached hydrogens (tertiary/aromatic N) is 1. The molecule has 0 aliphatic rings. The van der Waals surface area contributed by atoms with Gasteiger partial charge in [-0.25, -0.2) is 4.39 Å². The molecule has 2 nitrogen and oxygen atoms in total. The van der Waals surface area contributed by atoms with Crippen molar-refractivity contribution in [2.45, 2.75) is 13.0 Å². The first-order chi connectivity index (χ1) is 9.06. The molecule has 0 unspecified atom stereocenters. The molecule has 19 heavy (non-hydrogen) atoms. The van der Waals surface area contributed by atoms with Crippen LogP contribution in [0.1, 0.15) is 10.4 Å². The minimum Gasteiger partial charge on any atom is -0.340 e. The van der Waals surface area contributed by atoms with E-state index in [2.05, 4.69) is 15.9 Å². The number of likely N-dealkylation sites (N-methyl/N-ethyl adjacent to an activating group) is 1. The summed E-state index contributed by atoms with van der Waals surface area (Å²) in [6, 6.07) is 10.3. The molecule has 1 amide bonds. The second kappa shape index (κ2) is 6.30. The smallest absolute Gasteiger partial charge is 0.227 e. The van der Waals surface area contributed by atoms with Crippen molar-refractivity contribution < 1.29 is 9.18 Å². The van der Waals surface area contributed by atoms with Gasteiger partial charge in [-0.15, -0.1) is 11.3 Å². The Labute approximate surface area is 124 Å². The molecule has 0 saturated carbocycles. The summed E-state index contributed by atoms with van der Waals surface area (Å²) in [4.78, 5) is 14.7. The maximum atomic E-state index is 13.5. The first kappa shape index (κ1) is 14.2. The van der Waals surface area contributed by atoms with Crippen LogP contribution in [0, 0.1) is 5.82 Å². The minimum atomic E-state index is -0.330. The van der Waals surface area contributed by atoms with E-state index in [0.717, 1.165) is 8.66 Å². The van der Waals surface area contributed by atoms with Gasteiger partial charge in [0.2, 0.25) is 5.91 Å². The van der Waals surface area contributed by atoms with Gasteiger partial charge in [-0.3, -0.25) is 4.79 Å². The Morgan fingerprint density at radius 2 is 2.05 bits per heavy atom. The standard InChI is InChI=1S/C14H13BrFNOS/c1-17(9-11-6-7-13(15)19-11)14(18)8-10-4-2-3-5-12(10)16/h2-7H,8-9H2,1H3. The number of benzene rings is 1. The van der Waals surface area contributed by atoms with E-state index in [1.807, 2.05) is 12.1 Å². The van der Waals surface area contributed by atoms with E-state index in [-0.39, 0.29) is 18.1 Å². The zero-order valence-corrected chi connectivity index (χ0v) is 12.8. The van der Waals surface area contributed by atoms with Crippen molar-refractivity contribution in [1.29, 1.82) is 0 Å². The molecule has 0 spiro atoms. The van der Waals surface area contributed by atoms with E-state index in [1.165, 1.54) is 6.07 Å². The van der Waals surface area contributed by atoms with Gasteiger partial charge in [-0.05, 0) is 39.7 Å². The molecule has 1 heterocycles. The van der Waals surface area contributed by atoms with Crippen LogP contribution in [0.2, 0.25) is 0 Å². The highest BCUT2D eigenvalue weighted by atomic mass is 79.9. The molecule has 0 N–H and O–H groups in total. The number of amides is 1. The Morgan fingerprint density at radius 3 is 2.68 bits per heavy atom. The second-order valence-corrected chi connectivity index (χ2v) is 6.77. The number of hydrogen-bond donors (Lipinski definition) is 0. The van der Waals surface area contributed by atoms with Crippen LogP contribution in [-0.2, 0) is 17.8 Å². The molecular weight excluding hydrogens is 329 g/mol. The van der Waals surface area contributed by atoms with Crippen molar-refractivity contribution in [3.63, 3.8) is 0 Å². The van der Waals surface area contributed by atoms with E-state index in [1.54, 1.807) is 41.5 Å². The molecule has 0 fully saturated rings. The van der Waals surface area contributed by atoms with Crippen molar-refractivity contribution in [2.75, 3.05) is 7.05 Å². The second-order valence-electron chi connectivity index (χ2n) is 4.22. The highest BCUT2D eigenvalue weighted by Gasteiger charge is 2.13. The third-order valence-corrected chi connectivity index (χ3v) is 4.36. The lowest BCUT2D eigenvalue weighted by atomic mass is 10.1. The van der Waals surface area contributed by atoms with Gasteiger partial charge in [-0.1, -0.05) is 18.2 Å². The van der Waals surface area contributed by atoms with Crippen LogP contribution in [-0.4, -0.2) is 17.9 Å². The molecule has 0 atom stereocenters. The molecule has 0 aliphatic heterocycles. The quantitative estimate of drug-likeness (QED) is 0.827. The van der Waals surface area contributed by atoms with E-state index in [0.29, 0.717) is 12.1 Å². The van der Waals surface area contributed by atoms with Crippen LogP contribution in [0.5, 0.6) is 0 Å². The predicted octanol–water partition coefficient (Wildman–Crippen LogP) is 3.85. The van der Waals surface area contributed by atoms with Gasteiger partial charge in [0.15, 0.2) is 0 Å². The summed E-state index contributed by atoms with van der Waals surface area (Å²) in [5.74, 6) is -0.419. The summed E-state index contributed by atoms with van der Waals surface area (Å²) in [5.41, 5.74) is 0.437. The van der Waals surface area contributed by atoms with E-state index in [9.17, 15) is 9.18 Å². The summed E-state index contributed by atoms with van der Waals surface area (Å²) >= 11 is 4.98. The average molecular weight is 342 g/mol. The molecule has 100 valence electrons. The van der Waals surface area contributed by atoms with Crippen molar-refractivity contribution in [2.24, 2.45) is 0 Å². The molecule has 0 saturated heterocycles. The topological polar surface area (TPSA) is 20.3 Å². The van der Waals surface area contributed by atoms with E-state index < -0.39 is 0 Å². The molecule has 0 aliphatic carbocycles. The first-order valence-corrected chi connectivity index (χ1v) is 7.39. The fourth-order valence-electron chi connectivity index (χ4n) is 1.70. The van der Waals surface area contributed by atoms with Crippen molar-refractivity contribution in [1.82, 2.24) is 4.90 Å². The number of carbonyl (C=O) groups excluding carboxylic acids is 1. The van der Waals surface area contributed by atoms with Crippen molar-refractivity contribution in [3.05, 3.63) is 56.4 Å². The first-order valence-electron chi connectivity index (χ1n) is 5.78. The molecule has 0 bridgehead atoms. The summed E-state index contributed by atoms with van der Waals surface area (Å²) in [6.07, 6.45) is 0.0930. The van der Waals surface area contributed by atoms with Gasteiger partial charge in [-0.2, -0.15) is 0 Å². The molecule has 1 aromatic heterocycles. The number of halogens is 2. The van der Waals surface area contributed by atoms with Crippen molar-refractivity contribution in [3.8, 4) is 0 Å². The van der Waals surface area contributed by atoms with Gasteiger partial charge >= 0.3 is 0 Å². The summed E-state index contributed by atoms with van der Waals surface area (Å²) in [5, 5.41) is 0. The largest absolute Gasteiger partial charge is 0.340 e. The van der Waals surface area contributed by atoms with E-state index >= 15 is 0 Å². The maximum absolute atomic E-state index is 13.5. The van der Waals surface area contributed by atoms with Gasteiger partial charge in [0.1, 0.15) is 5.82 Å². The molecule has 2 aromatic rings. The lowest BCUT2D eigenvalue weighted by molar-refractivity contribution is -0.129. The Bertz CT molecular complexity index is 584. The third kappa shape index (κ3) is 3.88. The molecule has 2 rings (SSSR count). The van der Waals surface area contributed by atoms with Crippen LogP contribution >= 0.6 is 27.3 Å². The Hall–Kier alpha value is -1.20. The predicted molar refractivity (Wildman–Crippen MR) is 78.6 cm³/mol. The molecule has 1 aromatic carbocycles. The lowest BCUT2D eigenvalue weighted by Gasteiger charge is -2.16. The minimum absolute atomic E-state index is 0.0883. The van der Waals surface area contributed by atoms with Crippen LogP contribution in [0.4, 0.5) is 4.39 Å². The van der Waals surface area contributed by atoms with Crippen LogP contribution in [0.25, 0.3) is 0 Å². The fourth-order valence-corrected chi connectivity index (χ4v) is 3.24. The molecule has 5 heteroatoms. The number of thiophene rings is 1. The van der Waals surface area contributed by atoms with Crippen LogP contribution < -0.4 is 0 Å². The summed E-state index contributed by atoms with van der Waals surface area (Å²) in [6.45, 7) is 0.545. The van der Waals surface area contributed by atoms with Gasteiger partial charge in [0, 0.05) is 11.9 Å². The highest BCUT2D eigenvalue weighted by Crippen LogP contribution is 2.23. The Balaban J connectivity index is 1.98. The van der Waals surface area contributed by atoms with Gasteiger partial charge in [0.05, 0.1) is 16.8 Å². The molecular formula is C14H13BrFNOS. The lowest BCUT2D eigenvalue weighted by Crippen LogP contribution is -2.27. The van der Waals surface area contributed by atoms with Crippen LogP contribution in [0.3, 0.4) is 0 Å². The van der Waals surface area contributed by atoms with Gasteiger partial charge < -0.3 is 4.90 Å². The fraction of sp³-hybridized carbons (Fsp3) is 0.214. The van der Waals surface area contributed by atoms with Gasteiger partial charge in [0.25, 0.3) is 0 Å². The third-order valence-electron chi connectivity index (χ3n) is 2.75.